The zero-order valence-electron chi connectivity index (χ0n) is 11.2. The van der Waals surface area contributed by atoms with Gasteiger partial charge in [-0.1, -0.05) is 12.1 Å². The van der Waals surface area contributed by atoms with Gasteiger partial charge in [0.1, 0.15) is 11.9 Å². The minimum atomic E-state index is 0.148. The van der Waals surface area contributed by atoms with Crippen LogP contribution in [0.1, 0.15) is 6.92 Å². The van der Waals surface area contributed by atoms with Crippen LogP contribution in [0.5, 0.6) is 17.2 Å². The van der Waals surface area contributed by atoms with Crippen LogP contribution in [-0.2, 0) is 0 Å². The monoisotopic (exact) mass is 269 g/mol. The van der Waals surface area contributed by atoms with Gasteiger partial charge in [-0.25, -0.2) is 0 Å². The summed E-state index contributed by atoms with van der Waals surface area (Å²) in [6, 6.07) is 14.1. The lowest BCUT2D eigenvalue weighted by molar-refractivity contribution is 0.174. The lowest BCUT2D eigenvalue weighted by Crippen LogP contribution is -2.35. The predicted octanol–water partition coefficient (Wildman–Crippen LogP) is 3.33. The molecule has 2 aromatic carbocycles. The second kappa shape index (κ2) is 4.34. The van der Waals surface area contributed by atoms with Crippen LogP contribution in [0.4, 0.5) is 11.4 Å². The first-order valence-corrected chi connectivity index (χ1v) is 6.74. The smallest absolute Gasteiger partial charge is 0.231 e. The van der Waals surface area contributed by atoms with Gasteiger partial charge >= 0.3 is 0 Å². The zero-order chi connectivity index (χ0) is 13.5. The van der Waals surface area contributed by atoms with Gasteiger partial charge < -0.3 is 19.1 Å². The highest BCUT2D eigenvalue weighted by atomic mass is 16.7. The van der Waals surface area contributed by atoms with Crippen molar-refractivity contribution in [2.24, 2.45) is 0 Å². The number of hydrogen-bond donors (Lipinski definition) is 0. The second-order valence-electron chi connectivity index (χ2n) is 5.04. The Labute approximate surface area is 117 Å². The predicted molar refractivity (Wildman–Crippen MR) is 76.1 cm³/mol. The van der Waals surface area contributed by atoms with E-state index >= 15 is 0 Å². The summed E-state index contributed by atoms with van der Waals surface area (Å²) in [5.41, 5.74) is 2.18. The van der Waals surface area contributed by atoms with E-state index in [0.717, 1.165) is 35.2 Å². The first-order chi connectivity index (χ1) is 9.81. The van der Waals surface area contributed by atoms with E-state index in [1.165, 1.54) is 0 Å². The molecule has 0 fully saturated rings. The number of rotatable bonds is 1. The Bertz CT molecular complexity index is 656. The molecule has 0 amide bonds. The molecule has 0 N–H and O–H groups in total. The molecular weight excluding hydrogens is 254 g/mol. The Morgan fingerprint density at radius 3 is 2.80 bits per heavy atom. The molecule has 1 atom stereocenters. The van der Waals surface area contributed by atoms with Crippen molar-refractivity contribution >= 4 is 11.4 Å². The molecule has 0 bridgehead atoms. The molecule has 0 spiro atoms. The van der Waals surface area contributed by atoms with Gasteiger partial charge in [-0.3, -0.25) is 0 Å². The van der Waals surface area contributed by atoms with Gasteiger partial charge in [-0.15, -0.1) is 0 Å². The van der Waals surface area contributed by atoms with Crippen molar-refractivity contribution in [1.82, 2.24) is 0 Å². The molecular formula is C16H15NO3. The number of hydrogen-bond acceptors (Lipinski definition) is 4. The number of nitrogens with zero attached hydrogens (tertiary/aromatic N) is 1. The first kappa shape index (κ1) is 11.5. The summed E-state index contributed by atoms with van der Waals surface area (Å²) in [7, 11) is 0. The van der Waals surface area contributed by atoms with Crippen molar-refractivity contribution < 1.29 is 14.2 Å². The molecule has 0 saturated carbocycles. The number of benzene rings is 2. The highest BCUT2D eigenvalue weighted by Gasteiger charge is 2.25. The molecule has 2 aliphatic heterocycles. The average molecular weight is 269 g/mol. The van der Waals surface area contributed by atoms with Gasteiger partial charge in [0.2, 0.25) is 6.79 Å². The van der Waals surface area contributed by atoms with Crippen molar-refractivity contribution in [2.75, 3.05) is 18.2 Å². The molecule has 4 nitrogen and oxygen atoms in total. The summed E-state index contributed by atoms with van der Waals surface area (Å²) in [5, 5.41) is 0. The Balaban J connectivity index is 1.78. The molecule has 2 aromatic rings. The van der Waals surface area contributed by atoms with Gasteiger partial charge in [-0.05, 0) is 31.2 Å². The molecule has 0 radical (unpaired) electrons. The van der Waals surface area contributed by atoms with Crippen LogP contribution in [0, 0.1) is 0 Å². The Hall–Kier alpha value is -2.36. The fraction of sp³-hybridized carbons (Fsp3) is 0.250. The average Bonchev–Trinajstić information content (AvgIpc) is 2.93. The van der Waals surface area contributed by atoms with Crippen molar-refractivity contribution in [2.45, 2.75) is 13.0 Å². The van der Waals surface area contributed by atoms with E-state index < -0.39 is 0 Å². The van der Waals surface area contributed by atoms with E-state index in [-0.39, 0.29) is 6.10 Å². The summed E-state index contributed by atoms with van der Waals surface area (Å²) in [4.78, 5) is 2.26. The van der Waals surface area contributed by atoms with Crippen molar-refractivity contribution in [3.8, 4) is 17.2 Å². The topological polar surface area (TPSA) is 30.9 Å². The van der Waals surface area contributed by atoms with Gasteiger partial charge in [0, 0.05) is 11.8 Å². The van der Waals surface area contributed by atoms with Crippen LogP contribution >= 0.6 is 0 Å². The fourth-order valence-electron chi connectivity index (χ4n) is 2.69. The van der Waals surface area contributed by atoms with E-state index in [4.69, 9.17) is 14.2 Å². The molecule has 20 heavy (non-hydrogen) atoms. The number of fused-ring (bicyclic) bond motifs is 2. The van der Waals surface area contributed by atoms with E-state index in [9.17, 15) is 0 Å². The van der Waals surface area contributed by atoms with Crippen LogP contribution in [0.3, 0.4) is 0 Å². The first-order valence-electron chi connectivity index (χ1n) is 6.74. The van der Waals surface area contributed by atoms with Gasteiger partial charge in [-0.2, -0.15) is 0 Å². The second-order valence-corrected chi connectivity index (χ2v) is 5.04. The summed E-state index contributed by atoms with van der Waals surface area (Å²) >= 11 is 0. The van der Waals surface area contributed by atoms with Crippen LogP contribution in [0.25, 0.3) is 0 Å². The minimum Gasteiger partial charge on any atom is -0.487 e. The number of anilines is 2. The van der Waals surface area contributed by atoms with Gasteiger partial charge in [0.15, 0.2) is 11.5 Å². The summed E-state index contributed by atoms with van der Waals surface area (Å²) in [6.07, 6.45) is 0.148. The SMILES string of the molecule is CC1CN(c2ccc3c(c2)OCO3)c2ccccc2O1. The lowest BCUT2D eigenvalue weighted by Gasteiger charge is -2.35. The largest absolute Gasteiger partial charge is 0.487 e. The van der Waals surface area contributed by atoms with Crippen LogP contribution in [0.15, 0.2) is 42.5 Å². The van der Waals surface area contributed by atoms with Crippen LogP contribution in [0.2, 0.25) is 0 Å². The molecule has 102 valence electrons. The van der Waals surface area contributed by atoms with Gasteiger partial charge in [0.05, 0.1) is 12.2 Å². The molecule has 2 heterocycles. The quantitative estimate of drug-likeness (QED) is 0.794. The minimum absolute atomic E-state index is 0.148. The van der Waals surface area contributed by atoms with E-state index in [2.05, 4.69) is 24.0 Å². The van der Waals surface area contributed by atoms with Crippen LogP contribution in [-0.4, -0.2) is 19.4 Å². The maximum atomic E-state index is 5.88. The lowest BCUT2D eigenvalue weighted by atomic mass is 10.1. The maximum absolute atomic E-state index is 5.88. The Morgan fingerprint density at radius 1 is 1.00 bits per heavy atom. The Morgan fingerprint density at radius 2 is 1.85 bits per heavy atom. The Kier molecular flexibility index (Phi) is 2.49. The molecule has 4 heteroatoms. The van der Waals surface area contributed by atoms with Crippen molar-refractivity contribution in [3.63, 3.8) is 0 Å². The summed E-state index contributed by atoms with van der Waals surface area (Å²) in [5.74, 6) is 2.53. The maximum Gasteiger partial charge on any atom is 0.231 e. The van der Waals surface area contributed by atoms with Crippen LogP contribution < -0.4 is 19.1 Å². The summed E-state index contributed by atoms with van der Waals surface area (Å²) < 4.78 is 16.7. The van der Waals surface area contributed by atoms with E-state index in [1.807, 2.05) is 30.3 Å². The molecule has 2 aliphatic rings. The van der Waals surface area contributed by atoms with Crippen molar-refractivity contribution in [1.29, 1.82) is 0 Å². The molecule has 0 saturated heterocycles. The van der Waals surface area contributed by atoms with E-state index in [1.54, 1.807) is 0 Å². The third-order valence-electron chi connectivity index (χ3n) is 3.59. The normalized spacial score (nSPS) is 19.4. The number of para-hydroxylation sites is 2. The standard InChI is InChI=1S/C16H15NO3/c1-11-9-17(13-4-2-3-5-14(13)20-11)12-6-7-15-16(8-12)19-10-18-15/h2-8,11H,9-10H2,1H3. The zero-order valence-corrected chi connectivity index (χ0v) is 11.2. The highest BCUT2D eigenvalue weighted by Crippen LogP contribution is 2.41. The third kappa shape index (κ3) is 1.76. The third-order valence-corrected chi connectivity index (χ3v) is 3.59. The van der Waals surface area contributed by atoms with Crippen molar-refractivity contribution in [3.05, 3.63) is 42.5 Å². The summed E-state index contributed by atoms with van der Waals surface area (Å²) in [6.45, 7) is 3.20. The molecule has 1 unspecified atom stereocenters. The van der Waals surface area contributed by atoms with E-state index in [0.29, 0.717) is 6.79 Å². The highest BCUT2D eigenvalue weighted by molar-refractivity contribution is 5.72. The molecule has 0 aliphatic carbocycles. The molecule has 0 aromatic heterocycles. The van der Waals surface area contributed by atoms with Gasteiger partial charge in [0.25, 0.3) is 0 Å². The molecule has 4 rings (SSSR count). The fourth-order valence-corrected chi connectivity index (χ4v) is 2.69. The number of ether oxygens (including phenoxy) is 3.